The number of fused-ring (bicyclic) bond motifs is 1. The molecule has 0 aliphatic heterocycles. The molecule has 1 aromatic carbocycles. The lowest BCUT2D eigenvalue weighted by Gasteiger charge is -2.11. The van der Waals surface area contributed by atoms with E-state index in [-0.39, 0.29) is 5.92 Å². The van der Waals surface area contributed by atoms with Crippen molar-refractivity contribution in [2.45, 2.75) is 19.8 Å². The third kappa shape index (κ3) is 2.16. The number of benzene rings is 1. The van der Waals surface area contributed by atoms with Gasteiger partial charge in [-0.1, -0.05) is 13.8 Å². The van der Waals surface area contributed by atoms with Gasteiger partial charge in [0.25, 0.3) is 0 Å². The number of hydrogen-bond acceptors (Lipinski definition) is 4. The first-order valence-electron chi connectivity index (χ1n) is 5.70. The van der Waals surface area contributed by atoms with Crippen LogP contribution in [0.2, 0.25) is 0 Å². The number of oxazole rings is 1. The number of ether oxygens (including phenoxy) is 1. The number of nitrogens with zero attached hydrogens (tertiary/aromatic N) is 1. The van der Waals surface area contributed by atoms with Crippen LogP contribution < -0.4 is 4.74 Å². The van der Waals surface area contributed by atoms with Crippen LogP contribution in [-0.4, -0.2) is 23.2 Å². The highest BCUT2D eigenvalue weighted by atomic mass is 16.5. The Bertz CT molecular complexity index is 575. The van der Waals surface area contributed by atoms with Crippen molar-refractivity contribution in [1.29, 1.82) is 0 Å². The highest BCUT2D eigenvalue weighted by molar-refractivity contribution is 5.75. The molecule has 96 valence electrons. The fourth-order valence-electron chi connectivity index (χ4n) is 1.67. The molecule has 0 aliphatic carbocycles. The second-order valence-corrected chi connectivity index (χ2v) is 4.30. The van der Waals surface area contributed by atoms with Gasteiger partial charge in [0.1, 0.15) is 11.3 Å². The van der Waals surface area contributed by atoms with Gasteiger partial charge in [0, 0.05) is 12.0 Å². The average molecular weight is 249 g/mol. The van der Waals surface area contributed by atoms with E-state index in [0.717, 1.165) is 0 Å². The number of carboxylic acid groups (broad SMARTS) is 1. The van der Waals surface area contributed by atoms with Crippen LogP contribution in [0, 0.1) is 5.92 Å². The molecule has 0 fully saturated rings. The maximum atomic E-state index is 10.9. The summed E-state index contributed by atoms with van der Waals surface area (Å²) < 4.78 is 10.7. The monoisotopic (exact) mass is 249 g/mol. The average Bonchev–Trinajstić information content (AvgIpc) is 2.79. The second-order valence-electron chi connectivity index (χ2n) is 4.30. The number of methoxy groups -OCH3 is 1. The molecule has 0 aliphatic rings. The molecule has 18 heavy (non-hydrogen) atoms. The van der Waals surface area contributed by atoms with E-state index in [4.69, 9.17) is 14.3 Å². The molecule has 0 radical (unpaired) electrons. The zero-order valence-corrected chi connectivity index (χ0v) is 10.5. The van der Waals surface area contributed by atoms with Crippen molar-refractivity contribution in [2.75, 3.05) is 7.11 Å². The van der Waals surface area contributed by atoms with E-state index in [1.165, 1.54) is 0 Å². The van der Waals surface area contributed by atoms with E-state index in [0.29, 0.717) is 22.7 Å². The zero-order chi connectivity index (χ0) is 13.3. The molecule has 5 heteroatoms. The molecule has 0 amide bonds. The Balaban J connectivity index is 2.37. The summed E-state index contributed by atoms with van der Waals surface area (Å²) in [6.07, 6.45) is 0. The lowest BCUT2D eigenvalue weighted by Crippen LogP contribution is -2.16. The number of hydrogen-bond donors (Lipinski definition) is 1. The van der Waals surface area contributed by atoms with Crippen molar-refractivity contribution in [3.8, 4) is 5.75 Å². The highest BCUT2D eigenvalue weighted by Crippen LogP contribution is 2.28. The standard InChI is InChI=1S/C13H15NO4/c1-7(8(2)13(15)16)12-14-10-6-9(17-3)4-5-11(10)18-12/h4-8H,1-3H3,(H,15,16). The molecular formula is C13H15NO4. The third-order valence-electron chi connectivity index (χ3n) is 3.14. The van der Waals surface area contributed by atoms with Crippen LogP contribution in [-0.2, 0) is 4.79 Å². The first kappa shape index (κ1) is 12.4. The van der Waals surface area contributed by atoms with Crippen molar-refractivity contribution in [2.24, 2.45) is 5.92 Å². The van der Waals surface area contributed by atoms with Crippen LogP contribution >= 0.6 is 0 Å². The Morgan fingerprint density at radius 3 is 2.78 bits per heavy atom. The van der Waals surface area contributed by atoms with Gasteiger partial charge in [-0.3, -0.25) is 4.79 Å². The van der Waals surface area contributed by atoms with Gasteiger partial charge >= 0.3 is 5.97 Å². The lowest BCUT2D eigenvalue weighted by molar-refractivity contribution is -0.141. The van der Waals surface area contributed by atoms with E-state index >= 15 is 0 Å². The Labute approximate surface area is 104 Å². The summed E-state index contributed by atoms with van der Waals surface area (Å²) in [5.74, 6) is -0.544. The van der Waals surface area contributed by atoms with E-state index in [1.807, 2.05) is 0 Å². The lowest BCUT2D eigenvalue weighted by atomic mass is 9.96. The summed E-state index contributed by atoms with van der Waals surface area (Å²) in [6, 6.07) is 5.31. The smallest absolute Gasteiger partial charge is 0.307 e. The molecule has 2 aromatic rings. The SMILES string of the molecule is COc1ccc2oc(C(C)C(C)C(=O)O)nc2c1. The normalized spacial score (nSPS) is 14.4. The van der Waals surface area contributed by atoms with Gasteiger partial charge < -0.3 is 14.3 Å². The fourth-order valence-corrected chi connectivity index (χ4v) is 1.67. The van der Waals surface area contributed by atoms with Crippen LogP contribution in [0.15, 0.2) is 22.6 Å². The Hall–Kier alpha value is -2.04. The van der Waals surface area contributed by atoms with Crippen molar-refractivity contribution in [3.05, 3.63) is 24.1 Å². The summed E-state index contributed by atoms with van der Waals surface area (Å²) in [5.41, 5.74) is 1.31. The third-order valence-corrected chi connectivity index (χ3v) is 3.14. The van der Waals surface area contributed by atoms with Crippen molar-refractivity contribution in [1.82, 2.24) is 4.98 Å². The maximum absolute atomic E-state index is 10.9. The van der Waals surface area contributed by atoms with Gasteiger partial charge in [0.2, 0.25) is 0 Å². The summed E-state index contributed by atoms with van der Waals surface area (Å²) in [4.78, 5) is 15.3. The minimum atomic E-state index is -0.859. The summed E-state index contributed by atoms with van der Waals surface area (Å²) in [5, 5.41) is 8.98. The number of rotatable bonds is 4. The number of carboxylic acids is 1. The van der Waals surface area contributed by atoms with E-state index in [2.05, 4.69) is 4.98 Å². The van der Waals surface area contributed by atoms with Crippen LogP contribution in [0.5, 0.6) is 5.75 Å². The summed E-state index contributed by atoms with van der Waals surface area (Å²) >= 11 is 0. The van der Waals surface area contributed by atoms with Crippen LogP contribution in [0.4, 0.5) is 0 Å². The van der Waals surface area contributed by atoms with Gasteiger partial charge in [0.05, 0.1) is 13.0 Å². The molecule has 5 nitrogen and oxygen atoms in total. The molecule has 0 bridgehead atoms. The largest absolute Gasteiger partial charge is 0.497 e. The number of aliphatic carboxylic acids is 1. The quantitative estimate of drug-likeness (QED) is 0.901. The van der Waals surface area contributed by atoms with Crippen LogP contribution in [0.1, 0.15) is 25.7 Å². The minimum absolute atomic E-state index is 0.277. The first-order chi connectivity index (χ1) is 8.52. The van der Waals surface area contributed by atoms with Crippen molar-refractivity contribution in [3.63, 3.8) is 0 Å². The Kier molecular flexibility index (Phi) is 3.23. The van der Waals surface area contributed by atoms with Gasteiger partial charge in [-0.25, -0.2) is 4.98 Å². The molecule has 0 saturated heterocycles. The van der Waals surface area contributed by atoms with Gasteiger partial charge in [-0.15, -0.1) is 0 Å². The summed E-state index contributed by atoms with van der Waals surface area (Å²) in [7, 11) is 1.58. The van der Waals surface area contributed by atoms with Crippen molar-refractivity contribution < 1.29 is 19.1 Å². The molecule has 2 rings (SSSR count). The number of aromatic nitrogens is 1. The summed E-state index contributed by atoms with van der Waals surface area (Å²) in [6.45, 7) is 3.43. The predicted octanol–water partition coefficient (Wildman–Crippen LogP) is 2.66. The molecule has 1 N–H and O–H groups in total. The molecule has 1 aromatic heterocycles. The van der Waals surface area contributed by atoms with Crippen LogP contribution in [0.3, 0.4) is 0 Å². The highest BCUT2D eigenvalue weighted by Gasteiger charge is 2.25. The van der Waals surface area contributed by atoms with Gasteiger partial charge in [-0.05, 0) is 12.1 Å². The molecule has 2 unspecified atom stereocenters. The minimum Gasteiger partial charge on any atom is -0.497 e. The van der Waals surface area contributed by atoms with E-state index < -0.39 is 11.9 Å². The molecular weight excluding hydrogens is 234 g/mol. The zero-order valence-electron chi connectivity index (χ0n) is 10.5. The topological polar surface area (TPSA) is 72.6 Å². The van der Waals surface area contributed by atoms with E-state index in [1.54, 1.807) is 39.2 Å². The molecule has 1 heterocycles. The predicted molar refractivity (Wildman–Crippen MR) is 65.8 cm³/mol. The second kappa shape index (κ2) is 4.68. The van der Waals surface area contributed by atoms with Crippen molar-refractivity contribution >= 4 is 17.1 Å². The molecule has 2 atom stereocenters. The fraction of sp³-hybridized carbons (Fsp3) is 0.385. The van der Waals surface area contributed by atoms with E-state index in [9.17, 15) is 4.79 Å². The number of carbonyl (C=O) groups is 1. The Morgan fingerprint density at radius 2 is 2.17 bits per heavy atom. The van der Waals surface area contributed by atoms with Gasteiger partial charge in [-0.2, -0.15) is 0 Å². The molecule has 0 saturated carbocycles. The Morgan fingerprint density at radius 1 is 1.44 bits per heavy atom. The maximum Gasteiger partial charge on any atom is 0.307 e. The van der Waals surface area contributed by atoms with Gasteiger partial charge in [0.15, 0.2) is 11.5 Å². The van der Waals surface area contributed by atoms with Crippen LogP contribution in [0.25, 0.3) is 11.1 Å². The first-order valence-corrected chi connectivity index (χ1v) is 5.70. The molecule has 0 spiro atoms.